The van der Waals surface area contributed by atoms with Crippen molar-refractivity contribution in [2.24, 2.45) is 0 Å². The van der Waals surface area contributed by atoms with E-state index in [1.54, 1.807) is 25.3 Å². The summed E-state index contributed by atoms with van der Waals surface area (Å²) in [5.74, 6) is 0.531. The van der Waals surface area contributed by atoms with Gasteiger partial charge in [-0.2, -0.15) is 4.31 Å². The summed E-state index contributed by atoms with van der Waals surface area (Å²) in [5, 5.41) is 3.00. The molecule has 2 aromatic rings. The first-order chi connectivity index (χ1) is 16.9. The van der Waals surface area contributed by atoms with Crippen LogP contribution in [0, 0.1) is 0 Å². The van der Waals surface area contributed by atoms with Crippen LogP contribution in [0.15, 0.2) is 47.4 Å². The van der Waals surface area contributed by atoms with Crippen molar-refractivity contribution in [1.82, 2.24) is 9.62 Å². The van der Waals surface area contributed by atoms with Crippen molar-refractivity contribution in [1.29, 1.82) is 0 Å². The molecular formula is C26H35N3O5S. The zero-order chi connectivity index (χ0) is 24.8. The molecule has 190 valence electrons. The van der Waals surface area contributed by atoms with Crippen LogP contribution in [0.25, 0.3) is 0 Å². The lowest BCUT2D eigenvalue weighted by Crippen LogP contribution is -2.40. The number of rotatable bonds is 10. The van der Waals surface area contributed by atoms with Crippen LogP contribution in [-0.4, -0.2) is 71.2 Å². The summed E-state index contributed by atoms with van der Waals surface area (Å²) in [6.45, 7) is 5.21. The van der Waals surface area contributed by atoms with Crippen LogP contribution in [0.3, 0.4) is 0 Å². The van der Waals surface area contributed by atoms with Crippen molar-refractivity contribution in [2.75, 3.05) is 51.4 Å². The molecule has 2 aromatic carbocycles. The molecule has 0 saturated carbocycles. The molecule has 35 heavy (non-hydrogen) atoms. The van der Waals surface area contributed by atoms with Gasteiger partial charge in [-0.15, -0.1) is 0 Å². The summed E-state index contributed by atoms with van der Waals surface area (Å²) in [4.78, 5) is 15.1. The molecule has 9 heteroatoms. The fraction of sp³-hybridized carbons (Fsp3) is 0.500. The minimum Gasteiger partial charge on any atom is -0.496 e. The molecule has 0 aliphatic carbocycles. The van der Waals surface area contributed by atoms with Gasteiger partial charge < -0.3 is 19.7 Å². The third-order valence-electron chi connectivity index (χ3n) is 6.73. The third-order valence-corrected chi connectivity index (χ3v) is 8.62. The Balaban J connectivity index is 1.28. The van der Waals surface area contributed by atoms with Crippen molar-refractivity contribution in [3.63, 3.8) is 0 Å². The average Bonchev–Trinajstić information content (AvgIpc) is 3.20. The first-order valence-electron chi connectivity index (χ1n) is 12.3. The number of aryl methyl sites for hydroxylation is 1. The molecule has 2 aliphatic rings. The first-order valence-corrected chi connectivity index (χ1v) is 13.7. The molecule has 1 fully saturated rings. The highest BCUT2D eigenvalue weighted by Gasteiger charge is 2.27. The van der Waals surface area contributed by atoms with Crippen molar-refractivity contribution in [3.05, 3.63) is 53.6 Å². The molecule has 0 spiro atoms. The summed E-state index contributed by atoms with van der Waals surface area (Å²) < 4.78 is 38.1. The van der Waals surface area contributed by atoms with E-state index in [1.807, 2.05) is 0 Å². The molecular weight excluding hydrogens is 466 g/mol. The van der Waals surface area contributed by atoms with Crippen LogP contribution in [0.4, 0.5) is 5.69 Å². The molecule has 0 unspecified atom stereocenters. The Morgan fingerprint density at radius 3 is 2.71 bits per heavy atom. The number of amides is 1. The number of para-hydroxylation sites is 1. The van der Waals surface area contributed by atoms with Gasteiger partial charge in [0.15, 0.2) is 0 Å². The van der Waals surface area contributed by atoms with Crippen molar-refractivity contribution in [3.8, 4) is 5.75 Å². The molecule has 2 heterocycles. The molecule has 1 N–H and O–H groups in total. The van der Waals surface area contributed by atoms with Gasteiger partial charge >= 0.3 is 0 Å². The number of nitrogens with zero attached hydrogens (tertiary/aromatic N) is 2. The predicted molar refractivity (Wildman–Crippen MR) is 135 cm³/mol. The number of ether oxygens (including phenoxy) is 2. The second kappa shape index (κ2) is 11.4. The number of methoxy groups -OCH3 is 1. The van der Waals surface area contributed by atoms with Crippen LogP contribution in [-0.2, 0) is 32.4 Å². The number of nitrogens with one attached hydrogen (secondary N) is 1. The Labute approximate surface area is 208 Å². The zero-order valence-corrected chi connectivity index (χ0v) is 21.4. The van der Waals surface area contributed by atoms with E-state index in [2.05, 4.69) is 41.4 Å². The van der Waals surface area contributed by atoms with Gasteiger partial charge in [0.2, 0.25) is 15.9 Å². The second-order valence-corrected chi connectivity index (χ2v) is 11.0. The number of carbonyl (C=O) groups excluding carboxylic acids is 1. The van der Waals surface area contributed by atoms with E-state index >= 15 is 0 Å². The second-order valence-electron chi connectivity index (χ2n) is 9.07. The maximum absolute atomic E-state index is 13.0. The van der Waals surface area contributed by atoms with E-state index in [0.717, 1.165) is 19.4 Å². The van der Waals surface area contributed by atoms with Gasteiger partial charge in [0.25, 0.3) is 0 Å². The van der Waals surface area contributed by atoms with E-state index in [1.165, 1.54) is 15.6 Å². The van der Waals surface area contributed by atoms with Crippen molar-refractivity contribution >= 4 is 21.6 Å². The Bertz CT molecular complexity index is 1130. The maximum atomic E-state index is 13.0. The maximum Gasteiger partial charge on any atom is 0.243 e. The van der Waals surface area contributed by atoms with E-state index in [-0.39, 0.29) is 17.2 Å². The Morgan fingerprint density at radius 2 is 1.94 bits per heavy atom. The normalized spacial score (nSPS) is 18.3. The van der Waals surface area contributed by atoms with Crippen LogP contribution < -0.4 is 15.0 Å². The molecule has 8 nitrogen and oxygen atoms in total. The molecule has 1 saturated heterocycles. The van der Waals surface area contributed by atoms with Crippen LogP contribution in [0.2, 0.25) is 0 Å². The lowest BCUT2D eigenvalue weighted by atomic mass is 10.1. The molecule has 1 atom stereocenters. The summed E-state index contributed by atoms with van der Waals surface area (Å²) >= 11 is 0. The fourth-order valence-electron chi connectivity index (χ4n) is 4.83. The van der Waals surface area contributed by atoms with Gasteiger partial charge in [-0.1, -0.05) is 18.2 Å². The molecule has 0 aromatic heterocycles. The third kappa shape index (κ3) is 5.97. The number of fused-ring (bicyclic) bond motifs is 1. The van der Waals surface area contributed by atoms with Gasteiger partial charge in [0, 0.05) is 44.3 Å². The van der Waals surface area contributed by atoms with Crippen LogP contribution in [0.5, 0.6) is 5.75 Å². The smallest absolute Gasteiger partial charge is 0.243 e. The molecule has 4 rings (SSSR count). The number of hydrogen-bond donors (Lipinski definition) is 1. The first kappa shape index (κ1) is 25.5. The van der Waals surface area contributed by atoms with Gasteiger partial charge in [-0.3, -0.25) is 4.79 Å². The van der Waals surface area contributed by atoms with E-state index in [4.69, 9.17) is 9.47 Å². The number of morpholine rings is 1. The quantitative estimate of drug-likeness (QED) is 0.504. The highest BCUT2D eigenvalue weighted by atomic mass is 32.2. The molecule has 1 amide bonds. The lowest BCUT2D eigenvalue weighted by Gasteiger charge is -2.26. The van der Waals surface area contributed by atoms with Gasteiger partial charge in [0.1, 0.15) is 5.75 Å². The van der Waals surface area contributed by atoms with Crippen LogP contribution >= 0.6 is 0 Å². The number of hydrogen-bond acceptors (Lipinski definition) is 6. The van der Waals surface area contributed by atoms with Gasteiger partial charge in [-0.05, 0) is 61.6 Å². The number of sulfonamides is 1. The van der Waals surface area contributed by atoms with Crippen molar-refractivity contribution < 1.29 is 22.7 Å². The SMILES string of the molecule is COc1ccc(S(=O)(=O)N2CCOCC2)cc1CCC(=O)NCCCN1c2ccccc2C[C@@H]1C. The average molecular weight is 502 g/mol. The monoisotopic (exact) mass is 501 g/mol. The summed E-state index contributed by atoms with van der Waals surface area (Å²) in [6.07, 6.45) is 2.59. The van der Waals surface area contributed by atoms with Crippen molar-refractivity contribution in [2.45, 2.75) is 43.5 Å². The Kier molecular flexibility index (Phi) is 8.30. The highest BCUT2D eigenvalue weighted by Crippen LogP contribution is 2.31. The minimum atomic E-state index is -3.61. The van der Waals surface area contributed by atoms with E-state index in [0.29, 0.717) is 56.6 Å². The number of benzene rings is 2. The predicted octanol–water partition coefficient (Wildman–Crippen LogP) is 2.61. The summed E-state index contributed by atoms with van der Waals surface area (Å²) in [7, 11) is -2.06. The van der Waals surface area contributed by atoms with Crippen LogP contribution in [0.1, 0.15) is 30.9 Å². The molecule has 2 aliphatic heterocycles. The summed E-state index contributed by atoms with van der Waals surface area (Å²) in [5.41, 5.74) is 3.39. The van der Waals surface area contributed by atoms with E-state index < -0.39 is 10.0 Å². The Morgan fingerprint density at radius 1 is 1.17 bits per heavy atom. The Hall–Kier alpha value is -2.62. The lowest BCUT2D eigenvalue weighted by molar-refractivity contribution is -0.121. The minimum absolute atomic E-state index is 0.0524. The van der Waals surface area contributed by atoms with Gasteiger partial charge in [0.05, 0.1) is 25.2 Å². The largest absolute Gasteiger partial charge is 0.496 e. The topological polar surface area (TPSA) is 88.2 Å². The van der Waals surface area contributed by atoms with Gasteiger partial charge in [-0.25, -0.2) is 8.42 Å². The number of carbonyl (C=O) groups is 1. The fourth-order valence-corrected chi connectivity index (χ4v) is 6.29. The summed E-state index contributed by atoms with van der Waals surface area (Å²) in [6, 6.07) is 13.8. The molecule has 0 bridgehead atoms. The molecule has 0 radical (unpaired) electrons. The highest BCUT2D eigenvalue weighted by molar-refractivity contribution is 7.89. The number of anilines is 1. The zero-order valence-electron chi connectivity index (χ0n) is 20.5. The van der Waals surface area contributed by atoms with E-state index in [9.17, 15) is 13.2 Å². The standard InChI is InChI=1S/C26H35N3O5S/c1-20-18-21-6-3-4-7-24(21)29(20)13-5-12-27-26(30)11-8-22-19-23(9-10-25(22)33-2)35(31,32)28-14-16-34-17-15-28/h3-4,6-7,9-10,19-20H,5,8,11-18H2,1-2H3,(H,27,30)/t20-/m0/s1.